The minimum Gasteiger partial charge on any atom is -0.268 e. The van der Waals surface area contributed by atoms with E-state index >= 15 is 0 Å². The average molecular weight is 408 g/mol. The molecule has 0 fully saturated rings. The fourth-order valence-corrected chi connectivity index (χ4v) is 4.24. The van der Waals surface area contributed by atoms with E-state index in [9.17, 15) is 12.8 Å². The van der Waals surface area contributed by atoms with Crippen LogP contribution in [0.1, 0.15) is 11.4 Å². The van der Waals surface area contributed by atoms with Gasteiger partial charge >= 0.3 is 0 Å². The molecular formula is C19H19ClFN3O2S. The normalized spacial score (nSPS) is 11.7. The number of nitrogens with zero attached hydrogens (tertiary/aromatic N) is 2. The molecule has 5 nitrogen and oxygen atoms in total. The minimum atomic E-state index is -3.78. The molecule has 1 aromatic heterocycles. The molecule has 0 radical (unpaired) electrons. The number of hydrogen-bond acceptors (Lipinski definition) is 3. The van der Waals surface area contributed by atoms with Crippen LogP contribution in [0.25, 0.3) is 11.1 Å². The van der Waals surface area contributed by atoms with Crippen molar-refractivity contribution in [1.29, 1.82) is 0 Å². The van der Waals surface area contributed by atoms with Crippen LogP contribution in [-0.2, 0) is 16.6 Å². The molecule has 8 heteroatoms. The van der Waals surface area contributed by atoms with E-state index in [0.717, 1.165) is 34.6 Å². The predicted octanol–water partition coefficient (Wildman–Crippen LogP) is 3.94. The van der Waals surface area contributed by atoms with Crippen molar-refractivity contribution in [3.8, 4) is 11.1 Å². The summed E-state index contributed by atoms with van der Waals surface area (Å²) in [6, 6.07) is 13.2. The summed E-state index contributed by atoms with van der Waals surface area (Å²) in [4.78, 5) is -0.0766. The molecule has 0 saturated carbocycles. The summed E-state index contributed by atoms with van der Waals surface area (Å²) in [5.74, 6) is -0.660. The lowest BCUT2D eigenvalue weighted by Gasteiger charge is -2.09. The van der Waals surface area contributed by atoms with E-state index in [1.807, 2.05) is 44.2 Å². The molecule has 0 spiro atoms. The Kier molecular flexibility index (Phi) is 5.64. The molecule has 0 amide bonds. The Labute approximate surface area is 162 Å². The molecule has 2 aromatic carbocycles. The second kappa shape index (κ2) is 7.80. The highest BCUT2D eigenvalue weighted by atomic mass is 35.5. The fraction of sp³-hybridized carbons (Fsp3) is 0.211. The molecule has 0 bridgehead atoms. The Balaban J connectivity index is 1.73. The summed E-state index contributed by atoms with van der Waals surface area (Å²) in [6.07, 6.45) is 0. The summed E-state index contributed by atoms with van der Waals surface area (Å²) in [5.41, 5.74) is 3.96. The van der Waals surface area contributed by atoms with Crippen LogP contribution in [0.5, 0.6) is 0 Å². The maximum absolute atomic E-state index is 13.2. The number of nitrogens with one attached hydrogen (secondary N) is 1. The summed E-state index contributed by atoms with van der Waals surface area (Å²) in [6.45, 7) is 4.40. The highest BCUT2D eigenvalue weighted by molar-refractivity contribution is 7.89. The van der Waals surface area contributed by atoms with Crippen LogP contribution in [0.2, 0.25) is 5.02 Å². The van der Waals surface area contributed by atoms with Crippen molar-refractivity contribution < 1.29 is 12.8 Å². The molecule has 3 rings (SSSR count). The molecule has 3 aromatic rings. The van der Waals surface area contributed by atoms with Gasteiger partial charge in [-0.15, -0.1) is 0 Å². The third-order valence-electron chi connectivity index (χ3n) is 4.26. The number of benzene rings is 2. The molecule has 0 saturated heterocycles. The molecule has 0 unspecified atom stereocenters. The van der Waals surface area contributed by atoms with Crippen LogP contribution < -0.4 is 4.72 Å². The lowest BCUT2D eigenvalue weighted by molar-refractivity contribution is 0.554. The van der Waals surface area contributed by atoms with Gasteiger partial charge in [0.25, 0.3) is 0 Å². The summed E-state index contributed by atoms with van der Waals surface area (Å²) in [5, 5.41) is 4.28. The van der Waals surface area contributed by atoms with Crippen molar-refractivity contribution in [2.45, 2.75) is 25.3 Å². The Morgan fingerprint density at radius 1 is 1.15 bits per heavy atom. The first-order valence-electron chi connectivity index (χ1n) is 8.34. The molecule has 142 valence electrons. The number of aromatic nitrogens is 2. The van der Waals surface area contributed by atoms with E-state index < -0.39 is 15.8 Å². The van der Waals surface area contributed by atoms with Crippen molar-refractivity contribution in [2.24, 2.45) is 0 Å². The van der Waals surface area contributed by atoms with Crippen LogP contribution in [0.4, 0.5) is 4.39 Å². The van der Waals surface area contributed by atoms with Gasteiger partial charge in [-0.3, -0.25) is 4.68 Å². The van der Waals surface area contributed by atoms with Crippen LogP contribution in [-0.4, -0.2) is 24.7 Å². The van der Waals surface area contributed by atoms with Gasteiger partial charge in [-0.05, 0) is 37.6 Å². The largest absolute Gasteiger partial charge is 0.268 e. The third kappa shape index (κ3) is 4.21. The first-order chi connectivity index (χ1) is 12.8. The molecular weight excluding hydrogens is 389 g/mol. The van der Waals surface area contributed by atoms with Crippen molar-refractivity contribution in [1.82, 2.24) is 14.5 Å². The molecule has 1 N–H and O–H groups in total. The van der Waals surface area contributed by atoms with Gasteiger partial charge in [-0.2, -0.15) is 5.10 Å². The van der Waals surface area contributed by atoms with Gasteiger partial charge in [-0.1, -0.05) is 41.9 Å². The first-order valence-corrected chi connectivity index (χ1v) is 10.2. The molecule has 0 aliphatic heterocycles. The van der Waals surface area contributed by atoms with E-state index in [0.29, 0.717) is 6.54 Å². The van der Waals surface area contributed by atoms with Gasteiger partial charge in [-0.25, -0.2) is 17.5 Å². The van der Waals surface area contributed by atoms with Crippen LogP contribution in [0.15, 0.2) is 53.4 Å². The Hall–Kier alpha value is -2.22. The SMILES string of the molecule is Cc1nn(CCNS(=O)(=O)c2ccc(F)c(Cl)c2)c(C)c1-c1ccccc1. The van der Waals surface area contributed by atoms with E-state index in [-0.39, 0.29) is 16.5 Å². The number of hydrogen-bond donors (Lipinski definition) is 1. The van der Waals surface area contributed by atoms with Gasteiger partial charge in [0.1, 0.15) is 5.82 Å². The minimum absolute atomic E-state index is 0.0766. The molecule has 1 heterocycles. The molecule has 0 aliphatic carbocycles. The smallest absolute Gasteiger partial charge is 0.240 e. The number of halogens is 2. The quantitative estimate of drug-likeness (QED) is 0.673. The second-order valence-electron chi connectivity index (χ2n) is 6.11. The lowest BCUT2D eigenvalue weighted by Crippen LogP contribution is -2.28. The maximum atomic E-state index is 13.2. The zero-order valence-corrected chi connectivity index (χ0v) is 16.5. The maximum Gasteiger partial charge on any atom is 0.240 e. The summed E-state index contributed by atoms with van der Waals surface area (Å²) in [7, 11) is -3.78. The second-order valence-corrected chi connectivity index (χ2v) is 8.28. The van der Waals surface area contributed by atoms with Crippen LogP contribution in [0, 0.1) is 19.7 Å². The van der Waals surface area contributed by atoms with Gasteiger partial charge in [0.05, 0.1) is 22.2 Å². The molecule has 27 heavy (non-hydrogen) atoms. The average Bonchev–Trinajstić information content (AvgIpc) is 2.91. The molecule has 0 atom stereocenters. The standard InChI is InChI=1S/C19H19ClFN3O2S/c1-13-19(15-6-4-3-5-7-15)14(2)24(23-13)11-10-22-27(25,26)16-8-9-18(21)17(20)12-16/h3-9,12,22H,10-11H2,1-2H3. The van der Waals surface area contributed by atoms with E-state index in [4.69, 9.17) is 11.6 Å². The number of aryl methyl sites for hydroxylation is 1. The number of sulfonamides is 1. The highest BCUT2D eigenvalue weighted by Crippen LogP contribution is 2.26. The van der Waals surface area contributed by atoms with Crippen LogP contribution in [0.3, 0.4) is 0 Å². The van der Waals surface area contributed by atoms with E-state index in [1.165, 1.54) is 6.07 Å². The predicted molar refractivity (Wildman–Crippen MR) is 104 cm³/mol. The van der Waals surface area contributed by atoms with Gasteiger partial charge < -0.3 is 0 Å². The van der Waals surface area contributed by atoms with E-state index in [2.05, 4.69) is 9.82 Å². The Morgan fingerprint density at radius 2 is 1.85 bits per heavy atom. The highest BCUT2D eigenvalue weighted by Gasteiger charge is 2.17. The van der Waals surface area contributed by atoms with Gasteiger partial charge in [0, 0.05) is 17.8 Å². The monoisotopic (exact) mass is 407 g/mol. The fourth-order valence-electron chi connectivity index (χ4n) is 2.95. The Morgan fingerprint density at radius 3 is 2.52 bits per heavy atom. The van der Waals surface area contributed by atoms with Crippen molar-refractivity contribution >= 4 is 21.6 Å². The zero-order valence-electron chi connectivity index (χ0n) is 14.9. The summed E-state index contributed by atoms with van der Waals surface area (Å²) >= 11 is 5.67. The van der Waals surface area contributed by atoms with Gasteiger partial charge in [0.15, 0.2) is 0 Å². The van der Waals surface area contributed by atoms with Crippen molar-refractivity contribution in [3.63, 3.8) is 0 Å². The zero-order chi connectivity index (χ0) is 19.6. The number of rotatable bonds is 6. The Bertz CT molecular complexity index is 1070. The van der Waals surface area contributed by atoms with Crippen molar-refractivity contribution in [2.75, 3.05) is 6.54 Å². The van der Waals surface area contributed by atoms with Crippen LogP contribution >= 0.6 is 11.6 Å². The lowest BCUT2D eigenvalue weighted by atomic mass is 10.0. The van der Waals surface area contributed by atoms with E-state index in [1.54, 1.807) is 4.68 Å². The van der Waals surface area contributed by atoms with Crippen molar-refractivity contribution in [3.05, 3.63) is 70.8 Å². The third-order valence-corrected chi connectivity index (χ3v) is 6.01. The first kappa shape index (κ1) is 19.5. The van der Waals surface area contributed by atoms with Gasteiger partial charge in [0.2, 0.25) is 10.0 Å². The summed E-state index contributed by atoms with van der Waals surface area (Å²) < 4.78 is 42.2. The topological polar surface area (TPSA) is 64.0 Å². The molecule has 0 aliphatic rings.